The zero-order chi connectivity index (χ0) is 18.9. The second-order valence-electron chi connectivity index (χ2n) is 5.47. The van der Waals surface area contributed by atoms with Crippen molar-refractivity contribution in [2.45, 2.75) is 26.7 Å². The van der Waals surface area contributed by atoms with Gasteiger partial charge in [0.2, 0.25) is 12.3 Å². The lowest BCUT2D eigenvalue weighted by molar-refractivity contribution is -0.109. The summed E-state index contributed by atoms with van der Waals surface area (Å²) in [6.07, 6.45) is 1.92. The molecule has 4 N–H and O–H groups in total. The highest BCUT2D eigenvalue weighted by Gasteiger charge is 2.18. The predicted octanol–water partition coefficient (Wildman–Crippen LogP) is 1.57. The van der Waals surface area contributed by atoms with Gasteiger partial charge in [-0.1, -0.05) is 19.1 Å². The van der Waals surface area contributed by atoms with Gasteiger partial charge in [0.1, 0.15) is 5.69 Å². The molecule has 0 spiro atoms. The zero-order valence-electron chi connectivity index (χ0n) is 14.9. The summed E-state index contributed by atoms with van der Waals surface area (Å²) in [6, 6.07) is 7.58. The van der Waals surface area contributed by atoms with Gasteiger partial charge in [0.05, 0.1) is 6.61 Å². The molecule has 26 heavy (non-hydrogen) atoms. The molecule has 0 aliphatic carbocycles. The number of amides is 2. The van der Waals surface area contributed by atoms with Crippen LogP contribution in [0.4, 0.5) is 11.5 Å². The van der Waals surface area contributed by atoms with Crippen LogP contribution in [-0.4, -0.2) is 35.4 Å². The molecule has 1 aromatic carbocycles. The fourth-order valence-corrected chi connectivity index (χ4v) is 2.41. The SMILES string of the molecule is CCOc1nc(Nc2cccc(CCNC=O)c2)c(C(N)=O)nc1CC. The van der Waals surface area contributed by atoms with Crippen molar-refractivity contribution < 1.29 is 14.3 Å². The Hall–Kier alpha value is -3.16. The molecule has 0 bridgehead atoms. The van der Waals surface area contributed by atoms with E-state index < -0.39 is 5.91 Å². The minimum absolute atomic E-state index is 0.0679. The molecule has 2 amide bonds. The summed E-state index contributed by atoms with van der Waals surface area (Å²) in [5.41, 5.74) is 7.87. The van der Waals surface area contributed by atoms with Crippen molar-refractivity contribution in [3.05, 3.63) is 41.2 Å². The second-order valence-corrected chi connectivity index (χ2v) is 5.47. The third kappa shape index (κ3) is 4.92. The first-order valence-electron chi connectivity index (χ1n) is 8.45. The number of rotatable bonds is 10. The average Bonchev–Trinajstić information content (AvgIpc) is 2.62. The highest BCUT2D eigenvalue weighted by molar-refractivity contribution is 5.96. The fourth-order valence-electron chi connectivity index (χ4n) is 2.41. The van der Waals surface area contributed by atoms with E-state index >= 15 is 0 Å². The Morgan fingerprint density at radius 1 is 1.31 bits per heavy atom. The maximum atomic E-state index is 11.8. The number of ether oxygens (including phenoxy) is 1. The molecule has 0 atom stereocenters. The molecule has 8 heteroatoms. The lowest BCUT2D eigenvalue weighted by Gasteiger charge is -2.14. The van der Waals surface area contributed by atoms with Gasteiger partial charge in [-0.2, -0.15) is 4.98 Å². The van der Waals surface area contributed by atoms with E-state index in [0.717, 1.165) is 11.3 Å². The Kier molecular flexibility index (Phi) is 6.90. The molecular formula is C18H23N5O3. The van der Waals surface area contributed by atoms with E-state index in [9.17, 15) is 9.59 Å². The number of carbonyl (C=O) groups excluding carboxylic acids is 2. The molecule has 2 rings (SSSR count). The summed E-state index contributed by atoms with van der Waals surface area (Å²) >= 11 is 0. The number of hydrogen-bond donors (Lipinski definition) is 3. The molecule has 138 valence electrons. The van der Waals surface area contributed by atoms with E-state index in [-0.39, 0.29) is 11.5 Å². The number of hydrogen-bond acceptors (Lipinski definition) is 6. The first-order valence-corrected chi connectivity index (χ1v) is 8.45. The minimum Gasteiger partial charge on any atom is -0.477 e. The second kappa shape index (κ2) is 9.36. The molecule has 1 heterocycles. The quantitative estimate of drug-likeness (QED) is 0.439. The fraction of sp³-hybridized carbons (Fsp3) is 0.333. The Bertz CT molecular complexity index is 779. The maximum absolute atomic E-state index is 11.8. The molecule has 0 radical (unpaired) electrons. The first kappa shape index (κ1) is 19.2. The van der Waals surface area contributed by atoms with Gasteiger partial charge in [0.25, 0.3) is 5.91 Å². The Morgan fingerprint density at radius 3 is 2.77 bits per heavy atom. The summed E-state index contributed by atoms with van der Waals surface area (Å²) in [5, 5.41) is 5.71. The minimum atomic E-state index is -0.663. The van der Waals surface area contributed by atoms with Crippen molar-refractivity contribution in [2.75, 3.05) is 18.5 Å². The van der Waals surface area contributed by atoms with E-state index in [1.807, 2.05) is 38.1 Å². The number of aromatic nitrogens is 2. The Labute approximate surface area is 152 Å². The topological polar surface area (TPSA) is 119 Å². The van der Waals surface area contributed by atoms with E-state index in [1.165, 1.54) is 0 Å². The number of benzene rings is 1. The molecule has 0 aliphatic rings. The van der Waals surface area contributed by atoms with Gasteiger partial charge in [-0.3, -0.25) is 9.59 Å². The first-order chi connectivity index (χ1) is 12.6. The smallest absolute Gasteiger partial charge is 0.271 e. The van der Waals surface area contributed by atoms with Crippen LogP contribution in [0.3, 0.4) is 0 Å². The van der Waals surface area contributed by atoms with Crippen LogP contribution < -0.4 is 21.1 Å². The molecule has 0 saturated carbocycles. The highest BCUT2D eigenvalue weighted by Crippen LogP contribution is 2.24. The zero-order valence-corrected chi connectivity index (χ0v) is 14.9. The number of nitrogens with one attached hydrogen (secondary N) is 2. The molecule has 0 fully saturated rings. The van der Waals surface area contributed by atoms with Crippen LogP contribution in [0.25, 0.3) is 0 Å². The monoisotopic (exact) mass is 357 g/mol. The summed E-state index contributed by atoms with van der Waals surface area (Å²) in [6.45, 7) is 4.74. The number of nitrogens with zero attached hydrogens (tertiary/aromatic N) is 2. The normalized spacial score (nSPS) is 10.2. The molecule has 1 aromatic heterocycles. The Balaban J connectivity index is 2.32. The van der Waals surface area contributed by atoms with Gasteiger partial charge in [0.15, 0.2) is 11.5 Å². The van der Waals surface area contributed by atoms with Crippen LogP contribution >= 0.6 is 0 Å². The molecular weight excluding hydrogens is 334 g/mol. The summed E-state index contributed by atoms with van der Waals surface area (Å²) in [4.78, 5) is 30.9. The standard InChI is InChI=1S/C18H23N5O3/c1-3-14-18(26-4-2)23-17(15(22-14)16(19)25)21-13-7-5-6-12(10-13)8-9-20-11-24/h5-7,10-11H,3-4,8-9H2,1-2H3,(H2,19,25)(H,20,24)(H,21,23). The number of aryl methyl sites for hydroxylation is 1. The maximum Gasteiger partial charge on any atom is 0.271 e. The van der Waals surface area contributed by atoms with Crippen LogP contribution in [0.1, 0.15) is 35.6 Å². The van der Waals surface area contributed by atoms with Crippen molar-refractivity contribution in [1.82, 2.24) is 15.3 Å². The van der Waals surface area contributed by atoms with Crippen molar-refractivity contribution in [3.8, 4) is 5.88 Å². The van der Waals surface area contributed by atoms with E-state index in [0.29, 0.717) is 44.0 Å². The molecule has 8 nitrogen and oxygen atoms in total. The molecule has 0 unspecified atom stereocenters. The van der Waals surface area contributed by atoms with Crippen molar-refractivity contribution in [2.24, 2.45) is 5.73 Å². The van der Waals surface area contributed by atoms with Crippen LogP contribution in [0.15, 0.2) is 24.3 Å². The van der Waals surface area contributed by atoms with Crippen LogP contribution in [0, 0.1) is 0 Å². The van der Waals surface area contributed by atoms with Gasteiger partial charge in [-0.05, 0) is 37.5 Å². The van der Waals surface area contributed by atoms with Crippen molar-refractivity contribution >= 4 is 23.8 Å². The number of anilines is 2. The van der Waals surface area contributed by atoms with Crippen LogP contribution in [0.2, 0.25) is 0 Å². The van der Waals surface area contributed by atoms with Gasteiger partial charge >= 0.3 is 0 Å². The summed E-state index contributed by atoms with van der Waals surface area (Å²) in [5.74, 6) is -0.0285. The van der Waals surface area contributed by atoms with E-state index in [4.69, 9.17) is 10.5 Å². The molecule has 2 aromatic rings. The lowest BCUT2D eigenvalue weighted by atomic mass is 10.1. The van der Waals surface area contributed by atoms with Crippen LogP contribution in [0.5, 0.6) is 5.88 Å². The number of carbonyl (C=O) groups is 2. The van der Waals surface area contributed by atoms with Gasteiger partial charge < -0.3 is 21.1 Å². The van der Waals surface area contributed by atoms with E-state index in [2.05, 4.69) is 20.6 Å². The number of nitrogens with two attached hydrogens (primary N) is 1. The summed E-state index contributed by atoms with van der Waals surface area (Å²) < 4.78 is 5.52. The van der Waals surface area contributed by atoms with Gasteiger partial charge in [-0.25, -0.2) is 4.98 Å². The Morgan fingerprint density at radius 2 is 2.12 bits per heavy atom. The van der Waals surface area contributed by atoms with Crippen molar-refractivity contribution in [3.63, 3.8) is 0 Å². The third-order valence-electron chi connectivity index (χ3n) is 3.61. The summed E-state index contributed by atoms with van der Waals surface area (Å²) in [7, 11) is 0. The van der Waals surface area contributed by atoms with Gasteiger partial charge in [-0.15, -0.1) is 0 Å². The average molecular weight is 357 g/mol. The molecule has 0 aliphatic heterocycles. The highest BCUT2D eigenvalue weighted by atomic mass is 16.5. The number of primary amides is 1. The predicted molar refractivity (Wildman–Crippen MR) is 98.6 cm³/mol. The van der Waals surface area contributed by atoms with Crippen molar-refractivity contribution in [1.29, 1.82) is 0 Å². The lowest BCUT2D eigenvalue weighted by Crippen LogP contribution is -2.18. The molecule has 0 saturated heterocycles. The third-order valence-corrected chi connectivity index (χ3v) is 3.61. The largest absolute Gasteiger partial charge is 0.477 e. The van der Waals surface area contributed by atoms with Crippen LogP contribution in [-0.2, 0) is 17.6 Å². The van der Waals surface area contributed by atoms with Gasteiger partial charge in [0, 0.05) is 12.2 Å². The van der Waals surface area contributed by atoms with E-state index in [1.54, 1.807) is 0 Å².